The van der Waals surface area contributed by atoms with Gasteiger partial charge in [-0.25, -0.2) is 18.4 Å². The predicted octanol–water partition coefficient (Wildman–Crippen LogP) is 3.16. The van der Waals surface area contributed by atoms with Crippen molar-refractivity contribution in [2.24, 2.45) is 0 Å². The van der Waals surface area contributed by atoms with Gasteiger partial charge in [0.25, 0.3) is 0 Å². The van der Waals surface area contributed by atoms with Gasteiger partial charge in [-0.2, -0.15) is 5.10 Å². The molecule has 2 heterocycles. The number of pyridine rings is 1. The molecule has 3 aromatic rings. The van der Waals surface area contributed by atoms with E-state index >= 15 is 0 Å². The average molecular weight is 286 g/mol. The molecule has 0 saturated heterocycles. The second-order valence-electron chi connectivity index (χ2n) is 4.41. The molecular weight excluding hydrogens is 274 g/mol. The molecule has 106 valence electrons. The van der Waals surface area contributed by atoms with E-state index in [2.05, 4.69) is 15.4 Å². The number of hydrogen-bond acceptors (Lipinski definition) is 3. The van der Waals surface area contributed by atoms with Crippen LogP contribution in [-0.4, -0.2) is 14.8 Å². The Balaban J connectivity index is 1.84. The molecule has 0 radical (unpaired) electrons. The average Bonchev–Trinajstić information content (AvgIpc) is 3.03. The van der Waals surface area contributed by atoms with Crippen LogP contribution < -0.4 is 5.32 Å². The van der Waals surface area contributed by atoms with Gasteiger partial charge in [0.05, 0.1) is 5.69 Å². The van der Waals surface area contributed by atoms with E-state index in [4.69, 9.17) is 0 Å². The monoisotopic (exact) mass is 286 g/mol. The largest absolute Gasteiger partial charge is 0.378 e. The van der Waals surface area contributed by atoms with Gasteiger partial charge in [0.15, 0.2) is 5.82 Å². The Bertz CT molecular complexity index is 741. The van der Waals surface area contributed by atoms with Crippen molar-refractivity contribution >= 4 is 5.69 Å². The summed E-state index contributed by atoms with van der Waals surface area (Å²) in [7, 11) is 0. The number of halogens is 2. The number of rotatable bonds is 4. The number of aromatic nitrogens is 3. The molecule has 0 atom stereocenters. The molecule has 0 spiro atoms. The van der Waals surface area contributed by atoms with Gasteiger partial charge in [-0.3, -0.25) is 0 Å². The summed E-state index contributed by atoms with van der Waals surface area (Å²) in [5.41, 5.74) is 0.940. The van der Waals surface area contributed by atoms with Crippen LogP contribution in [0.2, 0.25) is 0 Å². The molecule has 1 aromatic carbocycles. The van der Waals surface area contributed by atoms with Crippen molar-refractivity contribution in [2.75, 3.05) is 5.32 Å². The zero-order chi connectivity index (χ0) is 14.7. The van der Waals surface area contributed by atoms with E-state index in [0.717, 1.165) is 12.1 Å². The van der Waals surface area contributed by atoms with E-state index in [1.54, 1.807) is 41.5 Å². The maximum absolute atomic E-state index is 13.6. The Morgan fingerprint density at radius 2 is 2.00 bits per heavy atom. The Kier molecular flexibility index (Phi) is 3.59. The molecule has 21 heavy (non-hydrogen) atoms. The van der Waals surface area contributed by atoms with Crippen LogP contribution >= 0.6 is 0 Å². The molecule has 0 unspecified atom stereocenters. The van der Waals surface area contributed by atoms with Gasteiger partial charge < -0.3 is 5.32 Å². The van der Waals surface area contributed by atoms with Crippen molar-refractivity contribution in [3.63, 3.8) is 0 Å². The third-order valence-corrected chi connectivity index (χ3v) is 2.99. The van der Waals surface area contributed by atoms with Crippen molar-refractivity contribution < 1.29 is 8.78 Å². The quantitative estimate of drug-likeness (QED) is 0.801. The zero-order valence-electron chi connectivity index (χ0n) is 11.0. The topological polar surface area (TPSA) is 42.7 Å². The van der Waals surface area contributed by atoms with Crippen LogP contribution in [0.5, 0.6) is 0 Å². The standard InChI is InChI=1S/C15H12F2N4/c16-12-4-5-13(17)11(9-12)10-19-14-3-1-6-18-15(14)21-8-2-7-20-21/h1-9,19H,10H2. The summed E-state index contributed by atoms with van der Waals surface area (Å²) in [4.78, 5) is 4.24. The number of nitrogens with zero attached hydrogens (tertiary/aromatic N) is 3. The fraction of sp³-hybridized carbons (Fsp3) is 0.0667. The first-order chi connectivity index (χ1) is 10.2. The van der Waals surface area contributed by atoms with E-state index in [1.165, 1.54) is 6.07 Å². The summed E-state index contributed by atoms with van der Waals surface area (Å²) in [6.07, 6.45) is 5.05. The molecule has 0 saturated carbocycles. The fourth-order valence-corrected chi connectivity index (χ4v) is 1.98. The number of hydrogen-bond donors (Lipinski definition) is 1. The molecule has 1 N–H and O–H groups in total. The van der Waals surface area contributed by atoms with E-state index in [1.807, 2.05) is 0 Å². The summed E-state index contributed by atoms with van der Waals surface area (Å²) < 4.78 is 28.4. The van der Waals surface area contributed by atoms with Crippen LogP contribution in [0.4, 0.5) is 14.5 Å². The van der Waals surface area contributed by atoms with E-state index < -0.39 is 11.6 Å². The predicted molar refractivity (Wildman–Crippen MR) is 75.0 cm³/mol. The summed E-state index contributed by atoms with van der Waals surface area (Å²) in [6, 6.07) is 8.73. The van der Waals surface area contributed by atoms with Crippen LogP contribution in [0.25, 0.3) is 5.82 Å². The number of anilines is 1. The summed E-state index contributed by atoms with van der Waals surface area (Å²) in [5.74, 6) is -0.320. The Morgan fingerprint density at radius 1 is 1.10 bits per heavy atom. The molecule has 0 amide bonds. The summed E-state index contributed by atoms with van der Waals surface area (Å²) >= 11 is 0. The second-order valence-corrected chi connectivity index (χ2v) is 4.41. The van der Waals surface area contributed by atoms with Crippen LogP contribution in [0.1, 0.15) is 5.56 Å². The van der Waals surface area contributed by atoms with E-state index in [-0.39, 0.29) is 12.1 Å². The lowest BCUT2D eigenvalue weighted by molar-refractivity contribution is 0.587. The van der Waals surface area contributed by atoms with Crippen molar-refractivity contribution in [1.82, 2.24) is 14.8 Å². The van der Waals surface area contributed by atoms with Crippen LogP contribution in [0.3, 0.4) is 0 Å². The van der Waals surface area contributed by atoms with E-state index in [9.17, 15) is 8.78 Å². The van der Waals surface area contributed by atoms with Crippen molar-refractivity contribution in [2.45, 2.75) is 6.54 Å². The fourth-order valence-electron chi connectivity index (χ4n) is 1.98. The minimum atomic E-state index is -0.466. The van der Waals surface area contributed by atoms with Crippen molar-refractivity contribution in [3.05, 3.63) is 72.2 Å². The normalized spacial score (nSPS) is 10.6. The van der Waals surface area contributed by atoms with E-state index in [0.29, 0.717) is 11.5 Å². The maximum atomic E-state index is 13.6. The zero-order valence-corrected chi connectivity index (χ0v) is 11.0. The molecule has 0 aliphatic carbocycles. The second kappa shape index (κ2) is 5.70. The third kappa shape index (κ3) is 2.89. The van der Waals surface area contributed by atoms with Crippen LogP contribution in [0.15, 0.2) is 55.0 Å². The molecule has 0 fully saturated rings. The molecule has 6 heteroatoms. The molecule has 0 bridgehead atoms. The minimum Gasteiger partial charge on any atom is -0.378 e. The summed E-state index contributed by atoms with van der Waals surface area (Å²) in [6.45, 7) is 0.156. The molecule has 3 rings (SSSR count). The number of nitrogens with one attached hydrogen (secondary N) is 1. The lowest BCUT2D eigenvalue weighted by Gasteiger charge is -2.11. The maximum Gasteiger partial charge on any atom is 0.176 e. The van der Waals surface area contributed by atoms with Gasteiger partial charge in [-0.1, -0.05) is 0 Å². The van der Waals surface area contributed by atoms with Gasteiger partial charge in [0.2, 0.25) is 0 Å². The highest BCUT2D eigenvalue weighted by Gasteiger charge is 2.08. The first-order valence-corrected chi connectivity index (χ1v) is 6.37. The Morgan fingerprint density at radius 3 is 2.81 bits per heavy atom. The van der Waals surface area contributed by atoms with Gasteiger partial charge in [0, 0.05) is 30.7 Å². The van der Waals surface area contributed by atoms with Crippen LogP contribution in [0, 0.1) is 11.6 Å². The van der Waals surface area contributed by atoms with Gasteiger partial charge >= 0.3 is 0 Å². The highest BCUT2D eigenvalue weighted by Crippen LogP contribution is 2.18. The first kappa shape index (κ1) is 13.2. The molecule has 2 aromatic heterocycles. The molecule has 0 aliphatic rings. The molecular formula is C15H12F2N4. The molecule has 4 nitrogen and oxygen atoms in total. The van der Waals surface area contributed by atoms with Gasteiger partial charge in [-0.15, -0.1) is 0 Å². The third-order valence-electron chi connectivity index (χ3n) is 2.99. The highest BCUT2D eigenvalue weighted by atomic mass is 19.1. The lowest BCUT2D eigenvalue weighted by atomic mass is 10.2. The SMILES string of the molecule is Fc1ccc(F)c(CNc2cccnc2-n2cccn2)c1. The number of benzene rings is 1. The van der Waals surface area contributed by atoms with Crippen molar-refractivity contribution in [1.29, 1.82) is 0 Å². The summed E-state index contributed by atoms with van der Waals surface area (Å²) in [5, 5.41) is 7.17. The van der Waals surface area contributed by atoms with Gasteiger partial charge in [0.1, 0.15) is 11.6 Å². The molecule has 0 aliphatic heterocycles. The van der Waals surface area contributed by atoms with Gasteiger partial charge in [-0.05, 0) is 36.4 Å². The van der Waals surface area contributed by atoms with Crippen LogP contribution in [-0.2, 0) is 6.54 Å². The Hall–Kier alpha value is -2.76. The Labute approximate surface area is 120 Å². The van der Waals surface area contributed by atoms with Crippen molar-refractivity contribution in [3.8, 4) is 5.82 Å². The minimum absolute atomic E-state index is 0.156. The lowest BCUT2D eigenvalue weighted by Crippen LogP contribution is -2.07. The first-order valence-electron chi connectivity index (χ1n) is 6.37. The highest BCUT2D eigenvalue weighted by molar-refractivity contribution is 5.56. The smallest absolute Gasteiger partial charge is 0.176 e.